The number of esters is 1. The van der Waals surface area contributed by atoms with Crippen LogP contribution in [0.15, 0.2) is 0 Å². The molecule has 0 heterocycles. The molecule has 0 fully saturated rings. The summed E-state index contributed by atoms with van der Waals surface area (Å²) in [6, 6.07) is 0. The zero-order valence-electron chi connectivity index (χ0n) is 9.65. The van der Waals surface area contributed by atoms with E-state index in [-0.39, 0.29) is 0 Å². The Balaban J connectivity index is 0. The average molecular weight is 230 g/mol. The number of hydrogen-bond donors (Lipinski definition) is 2. The molecule has 0 aliphatic carbocycles. The largest absolute Gasteiger partial charge is 0.503 e. The van der Waals surface area contributed by atoms with Gasteiger partial charge in [-0.2, -0.15) is 0 Å². The molecule has 0 saturated heterocycles. The van der Waals surface area contributed by atoms with Crippen LogP contribution in [0.25, 0.3) is 0 Å². The second-order valence-corrected chi connectivity index (χ2v) is 2.89. The van der Waals surface area contributed by atoms with Crippen LogP contribution in [0.3, 0.4) is 0 Å². The zero-order chi connectivity index (χ0) is 12.8. The number of carboxylic acid groups (broad SMARTS) is 2. The highest BCUT2D eigenvalue weighted by atomic mass is 16.6. The van der Waals surface area contributed by atoms with Gasteiger partial charge in [0.1, 0.15) is 0 Å². The van der Waals surface area contributed by atoms with Gasteiger partial charge in [0, 0.05) is 12.3 Å². The molecular weight excluding hydrogens is 212 g/mol. The third kappa shape index (κ3) is 22.8. The van der Waals surface area contributed by atoms with E-state index >= 15 is 0 Å². The molecule has 92 valence electrons. The smallest absolute Gasteiger partial charge is 0.459 e. The summed E-state index contributed by atoms with van der Waals surface area (Å²) in [4.78, 5) is 19.1. The summed E-state index contributed by atoms with van der Waals surface area (Å²) < 4.78 is 4.37. The van der Waals surface area contributed by atoms with Gasteiger partial charge in [-0.15, -0.1) is 0 Å². The highest BCUT2D eigenvalue weighted by molar-refractivity contribution is 5.88. The van der Waals surface area contributed by atoms with Crippen LogP contribution in [0.4, 0.5) is 4.79 Å². The minimum absolute atomic E-state index is 0.439. The summed E-state index contributed by atoms with van der Waals surface area (Å²) >= 11 is 0. The molecule has 2 N–H and O–H groups in total. The fourth-order valence-electron chi connectivity index (χ4n) is 0.826. The molecule has 0 spiro atoms. The first-order valence-corrected chi connectivity index (χ1v) is 5.03. The SMILES string of the molecule is CCCCCCC#CC(=O)OC.O=C(O)O. The number of carbonyl (C=O) groups is 2. The summed E-state index contributed by atoms with van der Waals surface area (Å²) in [7, 11) is 1.34. The van der Waals surface area contributed by atoms with E-state index in [1.165, 1.54) is 26.4 Å². The molecule has 16 heavy (non-hydrogen) atoms. The summed E-state index contributed by atoms with van der Waals surface area (Å²) in [6.07, 6.45) is 3.73. The van der Waals surface area contributed by atoms with Crippen molar-refractivity contribution in [3.63, 3.8) is 0 Å². The minimum atomic E-state index is -1.83. The second kappa shape index (κ2) is 13.3. The Bertz CT molecular complexity index is 245. The first kappa shape index (κ1) is 16.7. The number of ether oxygens (including phenoxy) is 1. The molecular formula is C11H18O5. The number of hydrogen-bond acceptors (Lipinski definition) is 3. The minimum Gasteiger partial charge on any atom is -0.459 e. The molecule has 0 rings (SSSR count). The van der Waals surface area contributed by atoms with Crippen LogP contribution >= 0.6 is 0 Å². The first-order chi connectivity index (χ1) is 7.54. The molecule has 0 saturated carbocycles. The highest BCUT2D eigenvalue weighted by Gasteiger charge is 1.88. The Kier molecular flexibility index (Phi) is 13.9. The Labute approximate surface area is 95.4 Å². The van der Waals surface area contributed by atoms with Gasteiger partial charge < -0.3 is 14.9 Å². The fraction of sp³-hybridized carbons (Fsp3) is 0.636. The molecule has 0 bridgehead atoms. The number of unbranched alkanes of at least 4 members (excludes halogenated alkanes) is 4. The van der Waals surface area contributed by atoms with E-state index in [2.05, 4.69) is 23.5 Å². The van der Waals surface area contributed by atoms with Crippen LogP contribution in [0, 0.1) is 11.8 Å². The summed E-state index contributed by atoms with van der Waals surface area (Å²) in [5.41, 5.74) is 0. The van der Waals surface area contributed by atoms with Crippen molar-refractivity contribution in [3.05, 3.63) is 0 Å². The van der Waals surface area contributed by atoms with Crippen molar-refractivity contribution in [1.82, 2.24) is 0 Å². The molecule has 0 aliphatic rings. The van der Waals surface area contributed by atoms with Crippen molar-refractivity contribution in [3.8, 4) is 11.8 Å². The van der Waals surface area contributed by atoms with Crippen molar-refractivity contribution < 1.29 is 24.5 Å². The van der Waals surface area contributed by atoms with E-state index in [0.29, 0.717) is 0 Å². The maximum Gasteiger partial charge on any atom is 0.503 e. The lowest BCUT2D eigenvalue weighted by Gasteiger charge is -1.91. The maximum atomic E-state index is 10.5. The van der Waals surface area contributed by atoms with E-state index in [1.54, 1.807) is 0 Å². The van der Waals surface area contributed by atoms with Crippen LogP contribution < -0.4 is 0 Å². The van der Waals surface area contributed by atoms with Crippen molar-refractivity contribution in [2.45, 2.75) is 39.0 Å². The molecule has 0 unspecified atom stereocenters. The third-order valence-electron chi connectivity index (χ3n) is 1.53. The van der Waals surface area contributed by atoms with E-state index in [4.69, 9.17) is 15.0 Å². The Hall–Kier alpha value is -1.70. The lowest BCUT2D eigenvalue weighted by atomic mass is 10.2. The van der Waals surface area contributed by atoms with Crippen LogP contribution in [0.1, 0.15) is 39.0 Å². The molecule has 0 aromatic heterocycles. The van der Waals surface area contributed by atoms with Gasteiger partial charge in [0.2, 0.25) is 0 Å². The average Bonchev–Trinajstić information content (AvgIpc) is 2.22. The standard InChI is InChI=1S/C10H16O2.CH2O3/c1-3-4-5-6-7-8-9-10(11)12-2;2-1(3)4/h3-7H2,1-2H3;(H2,2,3,4). The number of methoxy groups -OCH3 is 1. The predicted molar refractivity (Wildman–Crippen MR) is 59.2 cm³/mol. The quantitative estimate of drug-likeness (QED) is 0.335. The topological polar surface area (TPSA) is 83.8 Å². The number of rotatable bonds is 4. The fourth-order valence-corrected chi connectivity index (χ4v) is 0.826. The molecule has 0 amide bonds. The van der Waals surface area contributed by atoms with Crippen LogP contribution in [0.5, 0.6) is 0 Å². The Morgan fingerprint density at radius 3 is 2.19 bits per heavy atom. The van der Waals surface area contributed by atoms with Gasteiger partial charge >= 0.3 is 12.1 Å². The van der Waals surface area contributed by atoms with Gasteiger partial charge in [-0.1, -0.05) is 32.1 Å². The molecule has 0 aromatic rings. The van der Waals surface area contributed by atoms with Crippen molar-refractivity contribution >= 4 is 12.1 Å². The molecule has 5 heteroatoms. The van der Waals surface area contributed by atoms with Crippen molar-refractivity contribution in [2.75, 3.05) is 7.11 Å². The molecule has 0 atom stereocenters. The maximum absolute atomic E-state index is 10.5. The molecule has 0 aliphatic heterocycles. The summed E-state index contributed by atoms with van der Waals surface area (Å²) in [6.45, 7) is 2.17. The van der Waals surface area contributed by atoms with E-state index in [1.807, 2.05) is 0 Å². The lowest BCUT2D eigenvalue weighted by Crippen LogP contribution is -1.94. The second-order valence-electron chi connectivity index (χ2n) is 2.89. The van der Waals surface area contributed by atoms with Gasteiger partial charge in [0.25, 0.3) is 0 Å². The molecule has 0 aromatic carbocycles. The summed E-state index contributed by atoms with van der Waals surface area (Å²) in [5, 5.41) is 13.9. The number of carbonyl (C=O) groups excluding carboxylic acids is 1. The highest BCUT2D eigenvalue weighted by Crippen LogP contribution is 2.00. The normalized spacial score (nSPS) is 7.88. The zero-order valence-corrected chi connectivity index (χ0v) is 9.65. The third-order valence-corrected chi connectivity index (χ3v) is 1.53. The van der Waals surface area contributed by atoms with Gasteiger partial charge in [-0.3, -0.25) is 0 Å². The summed E-state index contributed by atoms with van der Waals surface area (Å²) in [5.74, 6) is 4.73. The van der Waals surface area contributed by atoms with E-state index in [9.17, 15) is 4.79 Å². The van der Waals surface area contributed by atoms with Crippen LogP contribution in [-0.4, -0.2) is 29.4 Å². The van der Waals surface area contributed by atoms with E-state index in [0.717, 1.165) is 12.8 Å². The first-order valence-electron chi connectivity index (χ1n) is 5.03. The molecule has 0 radical (unpaired) electrons. The lowest BCUT2D eigenvalue weighted by molar-refractivity contribution is -0.133. The van der Waals surface area contributed by atoms with Crippen LogP contribution in [-0.2, 0) is 9.53 Å². The van der Waals surface area contributed by atoms with Gasteiger partial charge in [0.05, 0.1) is 7.11 Å². The Morgan fingerprint density at radius 1 is 1.19 bits per heavy atom. The van der Waals surface area contributed by atoms with Crippen molar-refractivity contribution in [1.29, 1.82) is 0 Å². The Morgan fingerprint density at radius 2 is 1.75 bits per heavy atom. The molecule has 5 nitrogen and oxygen atoms in total. The van der Waals surface area contributed by atoms with E-state index < -0.39 is 12.1 Å². The van der Waals surface area contributed by atoms with Gasteiger partial charge in [0.15, 0.2) is 0 Å². The van der Waals surface area contributed by atoms with Gasteiger partial charge in [-0.05, 0) is 6.42 Å². The van der Waals surface area contributed by atoms with Crippen LogP contribution in [0.2, 0.25) is 0 Å². The monoisotopic (exact) mass is 230 g/mol. The van der Waals surface area contributed by atoms with Crippen molar-refractivity contribution in [2.24, 2.45) is 0 Å². The predicted octanol–water partition coefficient (Wildman–Crippen LogP) is 2.36. The van der Waals surface area contributed by atoms with Gasteiger partial charge in [-0.25, -0.2) is 9.59 Å².